The molecular formula is C21H17N3O3S2. The molecule has 0 saturated heterocycles. The average Bonchev–Trinajstić information content (AvgIpc) is 3.12. The number of hydrogen-bond donors (Lipinski definition) is 1. The normalized spacial score (nSPS) is 10.8. The van der Waals surface area contributed by atoms with Crippen LogP contribution in [0, 0.1) is 6.92 Å². The number of hydrogen-bond acceptors (Lipinski definition) is 8. The molecule has 0 unspecified atom stereocenters. The number of anilines is 1. The number of esters is 1. The van der Waals surface area contributed by atoms with Crippen LogP contribution in [0.1, 0.15) is 15.9 Å². The van der Waals surface area contributed by atoms with Gasteiger partial charge in [0.1, 0.15) is 5.75 Å². The van der Waals surface area contributed by atoms with E-state index < -0.39 is 5.97 Å². The Kier molecular flexibility index (Phi) is 5.37. The first-order valence-corrected chi connectivity index (χ1v) is 10.4. The minimum Gasteiger partial charge on any atom is -0.465 e. The molecule has 0 fully saturated rings. The van der Waals surface area contributed by atoms with E-state index in [1.54, 1.807) is 23.7 Å². The molecule has 0 spiro atoms. The van der Waals surface area contributed by atoms with E-state index >= 15 is 0 Å². The number of rotatable bonds is 5. The zero-order chi connectivity index (χ0) is 20.4. The second kappa shape index (κ2) is 8.10. The summed E-state index contributed by atoms with van der Waals surface area (Å²) in [4.78, 5) is 22.6. The first-order chi connectivity index (χ1) is 14.1. The van der Waals surface area contributed by atoms with Crippen LogP contribution >= 0.6 is 23.1 Å². The van der Waals surface area contributed by atoms with Crippen molar-refractivity contribution in [3.05, 3.63) is 65.3 Å². The van der Waals surface area contributed by atoms with Crippen LogP contribution in [-0.2, 0) is 4.74 Å². The van der Waals surface area contributed by atoms with Gasteiger partial charge in [0.2, 0.25) is 0 Å². The third-order valence-corrected chi connectivity index (χ3v) is 6.49. The van der Waals surface area contributed by atoms with E-state index in [9.17, 15) is 4.79 Å². The molecule has 29 heavy (non-hydrogen) atoms. The molecule has 8 heteroatoms. The predicted molar refractivity (Wildman–Crippen MR) is 115 cm³/mol. The lowest BCUT2D eigenvalue weighted by Crippen LogP contribution is -2.04. The second-order valence-electron chi connectivity index (χ2n) is 6.16. The van der Waals surface area contributed by atoms with Crippen molar-refractivity contribution < 1.29 is 14.3 Å². The Hall–Kier alpha value is -3.10. The number of aryl methyl sites for hydroxylation is 1. The number of methoxy groups -OCH3 is 1. The zero-order valence-corrected chi connectivity index (χ0v) is 17.3. The molecule has 0 bridgehead atoms. The number of pyridine rings is 2. The summed E-state index contributed by atoms with van der Waals surface area (Å²) < 4.78 is 11.7. The first kappa shape index (κ1) is 19.2. The van der Waals surface area contributed by atoms with Crippen LogP contribution in [0.5, 0.6) is 11.5 Å². The number of nitrogen functional groups attached to an aromatic ring is 1. The number of aromatic nitrogens is 2. The van der Waals surface area contributed by atoms with Gasteiger partial charge >= 0.3 is 5.97 Å². The van der Waals surface area contributed by atoms with Crippen molar-refractivity contribution in [3.63, 3.8) is 0 Å². The van der Waals surface area contributed by atoms with Crippen LogP contribution in [0.4, 0.5) is 5.82 Å². The molecule has 6 nitrogen and oxygen atoms in total. The molecule has 3 heterocycles. The van der Waals surface area contributed by atoms with Crippen molar-refractivity contribution in [2.75, 3.05) is 12.8 Å². The summed E-state index contributed by atoms with van der Waals surface area (Å²) in [5.41, 5.74) is 8.34. The largest absolute Gasteiger partial charge is 0.465 e. The van der Waals surface area contributed by atoms with Crippen molar-refractivity contribution in [2.45, 2.75) is 16.7 Å². The number of carbonyl (C=O) groups excluding carboxylic acids is 1. The van der Waals surface area contributed by atoms with Gasteiger partial charge in [-0.3, -0.25) is 4.98 Å². The van der Waals surface area contributed by atoms with Gasteiger partial charge in [0.25, 0.3) is 0 Å². The highest BCUT2D eigenvalue weighted by atomic mass is 32.2. The lowest BCUT2D eigenvalue weighted by Gasteiger charge is -2.11. The third-order valence-electron chi connectivity index (χ3n) is 4.17. The highest BCUT2D eigenvalue weighted by Crippen LogP contribution is 2.41. The van der Waals surface area contributed by atoms with E-state index in [1.165, 1.54) is 18.9 Å². The molecule has 2 N–H and O–H groups in total. The molecule has 146 valence electrons. The van der Waals surface area contributed by atoms with Gasteiger partial charge < -0.3 is 15.2 Å². The van der Waals surface area contributed by atoms with E-state index in [0.29, 0.717) is 22.9 Å². The van der Waals surface area contributed by atoms with Gasteiger partial charge in [0, 0.05) is 28.3 Å². The lowest BCUT2D eigenvalue weighted by atomic mass is 10.2. The number of thiophene rings is 1. The smallest absolute Gasteiger partial charge is 0.340 e. The molecule has 0 saturated carbocycles. The average molecular weight is 424 g/mol. The number of nitrogens with zero attached hydrogens (tertiary/aromatic N) is 2. The highest BCUT2D eigenvalue weighted by Gasteiger charge is 2.20. The minimum absolute atomic E-state index is 0.290. The van der Waals surface area contributed by atoms with Crippen molar-refractivity contribution in [1.82, 2.24) is 9.97 Å². The van der Waals surface area contributed by atoms with Crippen molar-refractivity contribution in [2.24, 2.45) is 0 Å². The van der Waals surface area contributed by atoms with Crippen LogP contribution < -0.4 is 10.5 Å². The molecule has 0 amide bonds. The Balaban J connectivity index is 1.75. The monoisotopic (exact) mass is 423 g/mol. The van der Waals surface area contributed by atoms with Gasteiger partial charge in [-0.2, -0.15) is 0 Å². The number of nitrogens with two attached hydrogens (primary N) is 1. The fourth-order valence-electron chi connectivity index (χ4n) is 2.73. The highest BCUT2D eigenvalue weighted by molar-refractivity contribution is 7.99. The van der Waals surface area contributed by atoms with Crippen LogP contribution in [-0.4, -0.2) is 23.0 Å². The summed E-state index contributed by atoms with van der Waals surface area (Å²) in [6, 6.07) is 11.2. The maximum Gasteiger partial charge on any atom is 0.340 e. The van der Waals surface area contributed by atoms with E-state index in [2.05, 4.69) is 9.97 Å². The van der Waals surface area contributed by atoms with Crippen LogP contribution in [0.2, 0.25) is 0 Å². The minimum atomic E-state index is -0.433. The number of benzene rings is 1. The van der Waals surface area contributed by atoms with Crippen LogP contribution in [0.15, 0.2) is 64.0 Å². The van der Waals surface area contributed by atoms with Crippen molar-refractivity contribution in [1.29, 1.82) is 0 Å². The standard InChI is InChI=1S/C21H17N3O3S2/c1-12-11-28-19-17(12)23-10-15(21(25)26-2)18(19)29-14-8-16(20(22)24-9-14)27-13-6-4-3-5-7-13/h3-11H,1-2H3,(H2,22,24). The Labute approximate surface area is 175 Å². The fraction of sp³-hybridized carbons (Fsp3) is 0.0952. The summed E-state index contributed by atoms with van der Waals surface area (Å²) in [6.07, 6.45) is 3.22. The Morgan fingerprint density at radius 3 is 2.72 bits per heavy atom. The number of fused-ring (bicyclic) bond motifs is 1. The van der Waals surface area contributed by atoms with Gasteiger partial charge in [0.05, 0.1) is 22.9 Å². The number of para-hydroxylation sites is 1. The van der Waals surface area contributed by atoms with E-state index in [0.717, 1.165) is 25.6 Å². The summed E-state index contributed by atoms with van der Waals surface area (Å²) in [7, 11) is 1.36. The van der Waals surface area contributed by atoms with Crippen molar-refractivity contribution >= 4 is 45.1 Å². The summed E-state index contributed by atoms with van der Waals surface area (Å²) in [6.45, 7) is 1.99. The second-order valence-corrected chi connectivity index (χ2v) is 8.12. The van der Waals surface area contributed by atoms with E-state index in [4.69, 9.17) is 15.2 Å². The molecule has 0 aliphatic carbocycles. The molecule has 3 aromatic heterocycles. The Morgan fingerprint density at radius 2 is 1.97 bits per heavy atom. The number of carbonyl (C=O) groups is 1. The van der Waals surface area contributed by atoms with Gasteiger partial charge in [-0.1, -0.05) is 30.0 Å². The van der Waals surface area contributed by atoms with Gasteiger partial charge in [-0.15, -0.1) is 11.3 Å². The Morgan fingerprint density at radius 1 is 1.17 bits per heavy atom. The SMILES string of the molecule is COC(=O)c1cnc2c(C)csc2c1Sc1cnc(N)c(Oc2ccccc2)c1. The molecule has 4 rings (SSSR count). The zero-order valence-electron chi connectivity index (χ0n) is 15.7. The Bertz CT molecular complexity index is 1190. The maximum absolute atomic E-state index is 12.3. The molecule has 0 atom stereocenters. The molecule has 4 aromatic rings. The molecule has 0 aliphatic rings. The maximum atomic E-state index is 12.3. The van der Waals surface area contributed by atoms with E-state index in [-0.39, 0.29) is 0 Å². The summed E-state index contributed by atoms with van der Waals surface area (Å²) in [5, 5.41) is 2.02. The molecule has 0 aliphatic heterocycles. The van der Waals surface area contributed by atoms with Gasteiger partial charge in [-0.05, 0) is 30.0 Å². The van der Waals surface area contributed by atoms with Crippen LogP contribution in [0.3, 0.4) is 0 Å². The predicted octanol–water partition coefficient (Wildman–Crippen LogP) is 5.31. The third kappa shape index (κ3) is 3.90. The van der Waals surface area contributed by atoms with E-state index in [1.807, 2.05) is 48.7 Å². The fourth-order valence-corrected chi connectivity index (χ4v) is 4.89. The quantitative estimate of drug-likeness (QED) is 0.435. The number of ether oxygens (including phenoxy) is 2. The first-order valence-electron chi connectivity index (χ1n) is 8.68. The summed E-state index contributed by atoms with van der Waals surface area (Å²) >= 11 is 2.95. The van der Waals surface area contributed by atoms with Gasteiger partial charge in [-0.25, -0.2) is 9.78 Å². The van der Waals surface area contributed by atoms with Crippen molar-refractivity contribution in [3.8, 4) is 11.5 Å². The lowest BCUT2D eigenvalue weighted by molar-refractivity contribution is 0.0596. The van der Waals surface area contributed by atoms with Gasteiger partial charge in [0.15, 0.2) is 11.6 Å². The summed E-state index contributed by atoms with van der Waals surface area (Å²) in [5.74, 6) is 0.974. The topological polar surface area (TPSA) is 87.3 Å². The molecule has 1 aromatic carbocycles. The molecular weight excluding hydrogens is 406 g/mol. The molecule has 0 radical (unpaired) electrons. The van der Waals surface area contributed by atoms with Crippen LogP contribution in [0.25, 0.3) is 10.2 Å².